The highest BCUT2D eigenvalue weighted by Gasteiger charge is 2.24. The Morgan fingerprint density at radius 3 is 2.68 bits per heavy atom. The van der Waals surface area contributed by atoms with Crippen LogP contribution in [0, 0.1) is 11.7 Å². The molecule has 1 saturated heterocycles. The lowest BCUT2D eigenvalue weighted by molar-refractivity contribution is 0.0947. The average molecular weight is 264 g/mol. The van der Waals surface area contributed by atoms with Crippen LogP contribution in [0.25, 0.3) is 0 Å². The number of nitrogens with one attached hydrogen (secondary N) is 1. The average Bonchev–Trinajstić information content (AvgIpc) is 2.86. The second-order valence-corrected chi connectivity index (χ2v) is 5.46. The number of hydrogen-bond donors (Lipinski definition) is 1. The molecule has 0 unspecified atom stereocenters. The van der Waals surface area contributed by atoms with Gasteiger partial charge in [-0.15, -0.1) is 0 Å². The maximum Gasteiger partial charge on any atom is 0.251 e. The SMILES string of the molecule is CC(C)N1CC[C@H](CNC(=O)c2ccc(F)cc2)C1. The Labute approximate surface area is 113 Å². The fraction of sp³-hybridized carbons (Fsp3) is 0.533. The first-order valence-corrected chi connectivity index (χ1v) is 6.84. The lowest BCUT2D eigenvalue weighted by atomic mass is 10.1. The van der Waals surface area contributed by atoms with Crippen molar-refractivity contribution in [3.63, 3.8) is 0 Å². The summed E-state index contributed by atoms with van der Waals surface area (Å²) in [5.74, 6) is 0.0784. The predicted molar refractivity (Wildman–Crippen MR) is 73.5 cm³/mol. The first-order chi connectivity index (χ1) is 9.06. The molecule has 0 aliphatic carbocycles. The highest BCUT2D eigenvalue weighted by Crippen LogP contribution is 2.17. The van der Waals surface area contributed by atoms with Crippen LogP contribution in [-0.4, -0.2) is 36.5 Å². The van der Waals surface area contributed by atoms with Crippen LogP contribution in [0.3, 0.4) is 0 Å². The van der Waals surface area contributed by atoms with Crippen LogP contribution in [0.5, 0.6) is 0 Å². The summed E-state index contributed by atoms with van der Waals surface area (Å²) in [5.41, 5.74) is 0.514. The Balaban J connectivity index is 1.80. The first kappa shape index (κ1) is 14.0. The molecule has 1 aliphatic rings. The molecule has 1 heterocycles. The number of carbonyl (C=O) groups is 1. The number of nitrogens with zero attached hydrogens (tertiary/aromatic N) is 1. The van der Waals surface area contributed by atoms with Gasteiger partial charge >= 0.3 is 0 Å². The van der Waals surface area contributed by atoms with Gasteiger partial charge in [0.25, 0.3) is 5.91 Å². The van der Waals surface area contributed by atoms with Gasteiger partial charge < -0.3 is 10.2 Å². The molecule has 1 aliphatic heterocycles. The fourth-order valence-electron chi connectivity index (χ4n) is 2.44. The van der Waals surface area contributed by atoms with E-state index in [1.807, 2.05) is 0 Å². The van der Waals surface area contributed by atoms with E-state index in [0.717, 1.165) is 19.5 Å². The largest absolute Gasteiger partial charge is 0.352 e. The van der Waals surface area contributed by atoms with Gasteiger partial charge in [0.15, 0.2) is 0 Å². The molecule has 0 aromatic heterocycles. The minimum Gasteiger partial charge on any atom is -0.352 e. The second-order valence-electron chi connectivity index (χ2n) is 5.46. The molecule has 0 bridgehead atoms. The van der Waals surface area contributed by atoms with Gasteiger partial charge in [-0.3, -0.25) is 4.79 Å². The quantitative estimate of drug-likeness (QED) is 0.905. The van der Waals surface area contributed by atoms with Crippen molar-refractivity contribution >= 4 is 5.91 Å². The molecule has 0 radical (unpaired) electrons. The number of halogens is 1. The highest BCUT2D eigenvalue weighted by molar-refractivity contribution is 5.94. The van der Waals surface area contributed by atoms with E-state index in [9.17, 15) is 9.18 Å². The van der Waals surface area contributed by atoms with Crippen molar-refractivity contribution in [3.05, 3.63) is 35.6 Å². The molecule has 104 valence electrons. The van der Waals surface area contributed by atoms with E-state index in [1.165, 1.54) is 24.3 Å². The molecule has 2 rings (SSSR count). The van der Waals surface area contributed by atoms with Gasteiger partial charge in [-0.05, 0) is 57.0 Å². The van der Waals surface area contributed by atoms with Gasteiger partial charge in [-0.25, -0.2) is 4.39 Å². The molecule has 3 nitrogen and oxygen atoms in total. The zero-order chi connectivity index (χ0) is 13.8. The summed E-state index contributed by atoms with van der Waals surface area (Å²) in [7, 11) is 0. The molecule has 1 atom stereocenters. The number of carbonyl (C=O) groups excluding carboxylic acids is 1. The number of likely N-dealkylation sites (tertiary alicyclic amines) is 1. The zero-order valence-electron chi connectivity index (χ0n) is 11.5. The molecule has 1 aromatic carbocycles. The molecule has 0 spiro atoms. The van der Waals surface area contributed by atoms with E-state index in [4.69, 9.17) is 0 Å². The molecular formula is C15H21FN2O. The lowest BCUT2D eigenvalue weighted by Gasteiger charge is -2.20. The third kappa shape index (κ3) is 3.77. The maximum atomic E-state index is 12.8. The molecule has 4 heteroatoms. The molecule has 1 N–H and O–H groups in total. The van der Waals surface area contributed by atoms with Crippen molar-refractivity contribution in [2.75, 3.05) is 19.6 Å². The maximum absolute atomic E-state index is 12.8. The third-order valence-corrected chi connectivity index (χ3v) is 3.71. The summed E-state index contributed by atoms with van der Waals surface area (Å²) in [6.45, 7) is 7.23. The third-order valence-electron chi connectivity index (χ3n) is 3.71. The normalized spacial score (nSPS) is 19.9. The monoisotopic (exact) mass is 264 g/mol. The number of benzene rings is 1. The molecular weight excluding hydrogens is 243 g/mol. The lowest BCUT2D eigenvalue weighted by Crippen LogP contribution is -2.32. The molecule has 19 heavy (non-hydrogen) atoms. The van der Waals surface area contributed by atoms with Crippen LogP contribution in [0.15, 0.2) is 24.3 Å². The number of amides is 1. The Morgan fingerprint density at radius 2 is 2.11 bits per heavy atom. The van der Waals surface area contributed by atoms with Crippen LogP contribution >= 0.6 is 0 Å². The Kier molecular flexibility index (Phi) is 4.53. The van der Waals surface area contributed by atoms with Crippen molar-refractivity contribution in [2.45, 2.75) is 26.3 Å². The summed E-state index contributed by atoms with van der Waals surface area (Å²) in [5, 5.41) is 2.93. The Morgan fingerprint density at radius 1 is 1.42 bits per heavy atom. The highest BCUT2D eigenvalue weighted by atomic mass is 19.1. The van der Waals surface area contributed by atoms with E-state index in [-0.39, 0.29) is 11.7 Å². The molecule has 0 saturated carbocycles. The van der Waals surface area contributed by atoms with Gasteiger partial charge in [0, 0.05) is 24.7 Å². The minimum atomic E-state index is -0.320. The molecule has 1 aromatic rings. The minimum absolute atomic E-state index is 0.122. The van der Waals surface area contributed by atoms with Crippen LogP contribution < -0.4 is 5.32 Å². The van der Waals surface area contributed by atoms with Crippen LogP contribution in [0.4, 0.5) is 4.39 Å². The van der Waals surface area contributed by atoms with Crippen molar-refractivity contribution < 1.29 is 9.18 Å². The van der Waals surface area contributed by atoms with Gasteiger partial charge in [0.2, 0.25) is 0 Å². The van der Waals surface area contributed by atoms with Crippen LogP contribution in [-0.2, 0) is 0 Å². The first-order valence-electron chi connectivity index (χ1n) is 6.84. The smallest absolute Gasteiger partial charge is 0.251 e. The number of rotatable bonds is 4. The molecule has 1 fully saturated rings. The van der Waals surface area contributed by atoms with Gasteiger partial charge in [-0.1, -0.05) is 0 Å². The van der Waals surface area contributed by atoms with Crippen molar-refractivity contribution in [3.8, 4) is 0 Å². The van der Waals surface area contributed by atoms with Crippen molar-refractivity contribution in [2.24, 2.45) is 5.92 Å². The number of hydrogen-bond acceptors (Lipinski definition) is 2. The van der Waals surface area contributed by atoms with Gasteiger partial charge in [-0.2, -0.15) is 0 Å². The topological polar surface area (TPSA) is 32.3 Å². The molecule has 1 amide bonds. The van der Waals surface area contributed by atoms with Crippen molar-refractivity contribution in [1.82, 2.24) is 10.2 Å². The van der Waals surface area contributed by atoms with Crippen LogP contribution in [0.2, 0.25) is 0 Å². The van der Waals surface area contributed by atoms with Crippen molar-refractivity contribution in [1.29, 1.82) is 0 Å². The van der Waals surface area contributed by atoms with E-state index in [0.29, 0.717) is 24.1 Å². The standard InChI is InChI=1S/C15H21FN2O/c1-11(2)18-8-7-12(10-18)9-17-15(19)13-3-5-14(16)6-4-13/h3-6,11-12H,7-10H2,1-2H3,(H,17,19)/t12-/m1/s1. The Bertz CT molecular complexity index is 430. The summed E-state index contributed by atoms with van der Waals surface area (Å²) in [6, 6.07) is 6.22. The van der Waals surface area contributed by atoms with E-state index in [1.54, 1.807) is 0 Å². The zero-order valence-corrected chi connectivity index (χ0v) is 11.5. The fourth-order valence-corrected chi connectivity index (χ4v) is 2.44. The van der Waals surface area contributed by atoms with Crippen LogP contribution in [0.1, 0.15) is 30.6 Å². The van der Waals surface area contributed by atoms with E-state index in [2.05, 4.69) is 24.1 Å². The summed E-state index contributed by atoms with van der Waals surface area (Å²) in [4.78, 5) is 14.3. The van der Waals surface area contributed by atoms with Gasteiger partial charge in [0.05, 0.1) is 0 Å². The Hall–Kier alpha value is -1.42. The van der Waals surface area contributed by atoms with Gasteiger partial charge in [0.1, 0.15) is 5.82 Å². The summed E-state index contributed by atoms with van der Waals surface area (Å²) >= 11 is 0. The van der Waals surface area contributed by atoms with E-state index >= 15 is 0 Å². The summed E-state index contributed by atoms with van der Waals surface area (Å²) in [6.07, 6.45) is 1.13. The summed E-state index contributed by atoms with van der Waals surface area (Å²) < 4.78 is 12.8. The van der Waals surface area contributed by atoms with E-state index < -0.39 is 0 Å². The predicted octanol–water partition coefficient (Wildman–Crippen LogP) is 2.29. The second kappa shape index (κ2) is 6.15.